The number of nitrogens with zero attached hydrogens (tertiary/aromatic N) is 1. The fourth-order valence-electron chi connectivity index (χ4n) is 2.96. The van der Waals surface area contributed by atoms with Gasteiger partial charge in [-0.15, -0.1) is 0 Å². The molecule has 3 N–H and O–H groups in total. The largest absolute Gasteiger partial charge is 0.390 e. The van der Waals surface area contributed by atoms with Gasteiger partial charge in [0, 0.05) is 12.6 Å². The molecule has 2 rings (SSSR count). The van der Waals surface area contributed by atoms with Crippen molar-refractivity contribution in [1.29, 1.82) is 0 Å². The Balaban J connectivity index is 2.14. The Labute approximate surface area is 120 Å². The van der Waals surface area contributed by atoms with Gasteiger partial charge in [-0.1, -0.05) is 6.92 Å². The lowest BCUT2D eigenvalue weighted by molar-refractivity contribution is 0.0422. The second-order valence-corrected chi connectivity index (χ2v) is 6.74. The zero-order valence-corrected chi connectivity index (χ0v) is 12.8. The van der Waals surface area contributed by atoms with Crippen LogP contribution in [-0.2, 0) is 0 Å². The summed E-state index contributed by atoms with van der Waals surface area (Å²) in [6.45, 7) is 6.07. The third-order valence-corrected chi connectivity index (χ3v) is 4.95. The van der Waals surface area contributed by atoms with Crippen LogP contribution < -0.4 is 5.73 Å². The summed E-state index contributed by atoms with van der Waals surface area (Å²) in [5.41, 5.74) is 7.18. The zero-order valence-electron chi connectivity index (χ0n) is 12.0. The molecule has 0 bridgehead atoms. The Morgan fingerprint density at radius 1 is 1.47 bits per heavy atom. The molecule has 1 aromatic rings. The minimum atomic E-state index is -0.510. The van der Waals surface area contributed by atoms with E-state index in [0.29, 0.717) is 6.04 Å². The summed E-state index contributed by atoms with van der Waals surface area (Å²) in [5.74, 6) is 0. The molecule has 108 valence electrons. The summed E-state index contributed by atoms with van der Waals surface area (Å²) in [6.07, 6.45) is 3.75. The molecule has 0 spiro atoms. The van der Waals surface area contributed by atoms with Crippen LogP contribution >= 0.6 is 11.3 Å². The molecule has 1 aromatic heterocycles. The fraction of sp³-hybridized carbons (Fsp3) is 0.733. The molecule has 3 unspecified atom stereocenters. The number of likely N-dealkylation sites (tertiary alicyclic amines) is 1. The van der Waals surface area contributed by atoms with E-state index in [1.165, 1.54) is 5.56 Å². The summed E-state index contributed by atoms with van der Waals surface area (Å²) < 4.78 is 0. The SMILES string of the molecule is CCC(N)C(c1ccsc1)N1CCCC(C)(O)CC1. The number of aliphatic hydroxyl groups is 1. The number of rotatable bonds is 4. The summed E-state index contributed by atoms with van der Waals surface area (Å²) in [6, 6.07) is 2.65. The van der Waals surface area contributed by atoms with Gasteiger partial charge in [-0.3, -0.25) is 4.90 Å². The van der Waals surface area contributed by atoms with Crippen molar-refractivity contribution in [1.82, 2.24) is 4.90 Å². The van der Waals surface area contributed by atoms with Gasteiger partial charge in [0.15, 0.2) is 0 Å². The Morgan fingerprint density at radius 3 is 2.89 bits per heavy atom. The van der Waals surface area contributed by atoms with Crippen molar-refractivity contribution >= 4 is 11.3 Å². The molecular weight excluding hydrogens is 256 g/mol. The first-order valence-electron chi connectivity index (χ1n) is 7.27. The fourth-order valence-corrected chi connectivity index (χ4v) is 3.65. The predicted octanol–water partition coefficient (Wildman–Crippen LogP) is 2.76. The van der Waals surface area contributed by atoms with Crippen molar-refractivity contribution in [3.05, 3.63) is 22.4 Å². The maximum atomic E-state index is 10.2. The highest BCUT2D eigenvalue weighted by Crippen LogP contribution is 2.31. The van der Waals surface area contributed by atoms with Gasteiger partial charge in [0.25, 0.3) is 0 Å². The third kappa shape index (κ3) is 3.78. The topological polar surface area (TPSA) is 49.5 Å². The zero-order chi connectivity index (χ0) is 13.9. The van der Waals surface area contributed by atoms with E-state index in [1.54, 1.807) is 11.3 Å². The van der Waals surface area contributed by atoms with E-state index in [4.69, 9.17) is 5.73 Å². The van der Waals surface area contributed by atoms with Crippen LogP contribution in [0.1, 0.15) is 51.1 Å². The van der Waals surface area contributed by atoms with Crippen molar-refractivity contribution in [2.24, 2.45) is 5.73 Å². The standard InChI is InChI=1S/C15H26N2OS/c1-3-13(16)14(12-5-10-19-11-12)17-8-4-6-15(2,18)7-9-17/h5,10-11,13-14,18H,3-4,6-9,16H2,1-2H3. The molecule has 4 heteroatoms. The van der Waals surface area contributed by atoms with Crippen molar-refractivity contribution in [2.75, 3.05) is 13.1 Å². The second-order valence-electron chi connectivity index (χ2n) is 5.96. The highest BCUT2D eigenvalue weighted by atomic mass is 32.1. The molecule has 2 heterocycles. The van der Waals surface area contributed by atoms with Crippen LogP contribution in [0.3, 0.4) is 0 Å². The first-order valence-corrected chi connectivity index (χ1v) is 8.22. The van der Waals surface area contributed by atoms with Gasteiger partial charge in [0.1, 0.15) is 0 Å². The van der Waals surface area contributed by atoms with Crippen LogP contribution in [0.25, 0.3) is 0 Å². The number of nitrogens with two attached hydrogens (primary N) is 1. The summed E-state index contributed by atoms with van der Waals surface area (Å²) >= 11 is 1.73. The highest BCUT2D eigenvalue weighted by Gasteiger charge is 2.31. The molecule has 0 aliphatic carbocycles. The number of hydrogen-bond acceptors (Lipinski definition) is 4. The lowest BCUT2D eigenvalue weighted by Gasteiger charge is -2.34. The third-order valence-electron chi connectivity index (χ3n) is 4.25. The van der Waals surface area contributed by atoms with E-state index >= 15 is 0 Å². The molecule has 3 atom stereocenters. The minimum Gasteiger partial charge on any atom is -0.390 e. The summed E-state index contributed by atoms with van der Waals surface area (Å²) in [7, 11) is 0. The predicted molar refractivity (Wildman–Crippen MR) is 81.4 cm³/mol. The van der Waals surface area contributed by atoms with E-state index < -0.39 is 5.60 Å². The smallest absolute Gasteiger partial charge is 0.0632 e. The summed E-state index contributed by atoms with van der Waals surface area (Å²) in [4.78, 5) is 2.47. The number of thiophene rings is 1. The quantitative estimate of drug-likeness (QED) is 0.893. The molecule has 1 fully saturated rings. The Hall–Kier alpha value is -0.420. The average molecular weight is 282 g/mol. The Bertz CT molecular complexity index is 378. The van der Waals surface area contributed by atoms with E-state index in [9.17, 15) is 5.11 Å². The van der Waals surface area contributed by atoms with E-state index in [1.807, 2.05) is 6.92 Å². The monoisotopic (exact) mass is 282 g/mol. The van der Waals surface area contributed by atoms with Gasteiger partial charge in [-0.25, -0.2) is 0 Å². The van der Waals surface area contributed by atoms with Gasteiger partial charge >= 0.3 is 0 Å². The van der Waals surface area contributed by atoms with Gasteiger partial charge in [0.2, 0.25) is 0 Å². The van der Waals surface area contributed by atoms with Crippen LogP contribution in [0, 0.1) is 0 Å². The Kier molecular flexibility index (Phi) is 5.01. The van der Waals surface area contributed by atoms with Crippen molar-refractivity contribution in [3.63, 3.8) is 0 Å². The molecule has 1 aliphatic rings. The van der Waals surface area contributed by atoms with E-state index in [-0.39, 0.29) is 6.04 Å². The molecule has 1 aliphatic heterocycles. The molecule has 3 nitrogen and oxygen atoms in total. The van der Waals surface area contributed by atoms with Crippen molar-refractivity contribution < 1.29 is 5.11 Å². The van der Waals surface area contributed by atoms with Crippen LogP contribution in [0.2, 0.25) is 0 Å². The van der Waals surface area contributed by atoms with Crippen LogP contribution in [-0.4, -0.2) is 34.7 Å². The molecule has 0 amide bonds. The van der Waals surface area contributed by atoms with Crippen LogP contribution in [0.5, 0.6) is 0 Å². The molecular formula is C15H26N2OS. The lowest BCUT2D eigenvalue weighted by Crippen LogP contribution is -2.41. The summed E-state index contributed by atoms with van der Waals surface area (Å²) in [5, 5.41) is 14.6. The number of hydrogen-bond donors (Lipinski definition) is 2. The molecule has 1 saturated heterocycles. The first kappa shape index (κ1) is 15.0. The maximum absolute atomic E-state index is 10.2. The van der Waals surface area contributed by atoms with Crippen molar-refractivity contribution in [2.45, 2.75) is 57.2 Å². The van der Waals surface area contributed by atoms with E-state index in [2.05, 4.69) is 28.7 Å². The molecule has 0 radical (unpaired) electrons. The van der Waals surface area contributed by atoms with Crippen LogP contribution in [0.4, 0.5) is 0 Å². The lowest BCUT2D eigenvalue weighted by atomic mass is 9.97. The normalized spacial score (nSPS) is 28.8. The average Bonchev–Trinajstić information content (AvgIpc) is 2.82. The van der Waals surface area contributed by atoms with Gasteiger partial charge in [-0.05, 0) is 61.5 Å². The Morgan fingerprint density at radius 2 is 2.26 bits per heavy atom. The van der Waals surface area contributed by atoms with Gasteiger partial charge in [0.05, 0.1) is 11.6 Å². The minimum absolute atomic E-state index is 0.164. The van der Waals surface area contributed by atoms with Gasteiger partial charge < -0.3 is 10.8 Å². The van der Waals surface area contributed by atoms with Crippen LogP contribution in [0.15, 0.2) is 16.8 Å². The first-order chi connectivity index (χ1) is 9.03. The highest BCUT2D eigenvalue weighted by molar-refractivity contribution is 7.07. The van der Waals surface area contributed by atoms with Crippen molar-refractivity contribution in [3.8, 4) is 0 Å². The van der Waals surface area contributed by atoms with Gasteiger partial charge in [-0.2, -0.15) is 11.3 Å². The molecule has 0 aromatic carbocycles. The second kappa shape index (κ2) is 6.35. The molecule has 19 heavy (non-hydrogen) atoms. The molecule has 0 saturated carbocycles. The van der Waals surface area contributed by atoms with E-state index in [0.717, 1.165) is 38.8 Å². The maximum Gasteiger partial charge on any atom is 0.0632 e.